The van der Waals surface area contributed by atoms with Crippen molar-refractivity contribution in [2.75, 3.05) is 6.61 Å². The van der Waals surface area contributed by atoms with Crippen LogP contribution in [-0.4, -0.2) is 12.6 Å². The first-order chi connectivity index (χ1) is 14.7. The minimum Gasteiger partial charge on any atom is -0.329 e. The van der Waals surface area contributed by atoms with Crippen LogP contribution in [-0.2, 0) is 9.09 Å². The molecule has 1 saturated carbocycles. The summed E-state index contributed by atoms with van der Waals surface area (Å²) in [5.74, 6) is -12.0. The Labute approximate surface area is 186 Å². The largest absolute Gasteiger partial charge is 0.329 e. The van der Waals surface area contributed by atoms with Gasteiger partial charge in [-0.05, 0) is 44.7 Å². The number of halogens is 6. The number of nitrogens with two attached hydrogens (primary N) is 1. The second kappa shape index (κ2) is 10.1. The summed E-state index contributed by atoms with van der Waals surface area (Å²) >= 11 is 3.30. The maximum atomic E-state index is 14.7. The first-order valence-electron chi connectivity index (χ1n) is 10.1. The van der Waals surface area contributed by atoms with Crippen molar-refractivity contribution in [1.82, 2.24) is 0 Å². The molecule has 1 aliphatic carbocycles. The summed E-state index contributed by atoms with van der Waals surface area (Å²) in [6, 6.07) is 6.51. The molecule has 2 aromatic rings. The Hall–Kier alpha value is -1.28. The van der Waals surface area contributed by atoms with E-state index in [0.717, 1.165) is 36.6 Å². The average molecular weight is 527 g/mol. The highest BCUT2D eigenvalue weighted by Crippen LogP contribution is 2.57. The molecule has 170 valence electrons. The van der Waals surface area contributed by atoms with Crippen LogP contribution in [0, 0.1) is 29.1 Å². The van der Waals surface area contributed by atoms with Gasteiger partial charge in [-0.25, -0.2) is 22.0 Å². The molecule has 0 aliphatic heterocycles. The van der Waals surface area contributed by atoms with Crippen LogP contribution in [0.15, 0.2) is 28.7 Å². The Morgan fingerprint density at radius 2 is 1.48 bits per heavy atom. The third-order valence-electron chi connectivity index (χ3n) is 5.50. The van der Waals surface area contributed by atoms with E-state index in [1.165, 1.54) is 6.92 Å². The molecule has 3 rings (SSSR count). The molecule has 3 nitrogen and oxygen atoms in total. The molecule has 2 aromatic carbocycles. The minimum absolute atomic E-state index is 0.0163. The van der Waals surface area contributed by atoms with Crippen LogP contribution in [0.1, 0.15) is 50.4 Å². The van der Waals surface area contributed by atoms with Crippen molar-refractivity contribution in [3.63, 3.8) is 0 Å². The fourth-order valence-electron chi connectivity index (χ4n) is 4.01. The Morgan fingerprint density at radius 1 is 0.968 bits per heavy atom. The van der Waals surface area contributed by atoms with E-state index in [1.807, 2.05) is 0 Å². The number of hydrogen-bond acceptors (Lipinski definition) is 2. The Morgan fingerprint density at radius 3 is 2.00 bits per heavy atom. The highest BCUT2D eigenvalue weighted by molar-refractivity contribution is 9.10. The summed E-state index contributed by atoms with van der Waals surface area (Å²) in [4.78, 5) is 0. The summed E-state index contributed by atoms with van der Waals surface area (Å²) in [7, 11) is -4.60. The van der Waals surface area contributed by atoms with Crippen LogP contribution in [0.3, 0.4) is 0 Å². The molecular weight excluding hydrogens is 504 g/mol. The lowest BCUT2D eigenvalue weighted by molar-refractivity contribution is -0.712. The van der Waals surface area contributed by atoms with Gasteiger partial charge in [-0.1, -0.05) is 34.5 Å². The average Bonchev–Trinajstić information content (AvgIpc) is 2.76. The standard InChI is InChI=1S/C21H22BrF5NO2P/c1-2-30-31(29,20-18(26)16(24)15(23)17(25)19(20)27)21(12-8-10-13(22)11-9-12)28-14-6-4-3-5-7-14/h8-11,14,21,28H,2-7H2,1H3/p+1/t21-,31-/m0/s1. The highest BCUT2D eigenvalue weighted by Gasteiger charge is 2.48. The second-order valence-corrected chi connectivity index (χ2v) is 10.9. The predicted molar refractivity (Wildman–Crippen MR) is 111 cm³/mol. The van der Waals surface area contributed by atoms with Crippen molar-refractivity contribution < 1.29 is 36.4 Å². The molecule has 0 amide bonds. The lowest BCUT2D eigenvalue weighted by atomic mass is 9.95. The summed E-state index contributed by atoms with van der Waals surface area (Å²) in [6.45, 7) is 1.22. The van der Waals surface area contributed by atoms with E-state index in [1.54, 1.807) is 29.6 Å². The van der Waals surface area contributed by atoms with Gasteiger partial charge >= 0.3 is 0 Å². The van der Waals surface area contributed by atoms with Crippen LogP contribution < -0.4 is 10.6 Å². The van der Waals surface area contributed by atoms with E-state index in [-0.39, 0.29) is 12.6 Å². The van der Waals surface area contributed by atoms with Gasteiger partial charge in [0.1, 0.15) is 5.30 Å². The molecule has 1 fully saturated rings. The minimum atomic E-state index is -4.60. The zero-order valence-corrected chi connectivity index (χ0v) is 19.3. The van der Waals surface area contributed by atoms with Gasteiger partial charge < -0.3 is 9.84 Å². The van der Waals surface area contributed by atoms with Gasteiger partial charge in [-0.15, -0.1) is 0 Å². The van der Waals surface area contributed by atoms with E-state index in [2.05, 4.69) is 15.9 Å². The van der Waals surface area contributed by atoms with E-state index in [0.29, 0.717) is 5.56 Å². The summed E-state index contributed by atoms with van der Waals surface area (Å²) in [5, 5.41) is 0.322. The van der Waals surface area contributed by atoms with Gasteiger partial charge in [0.05, 0.1) is 12.6 Å². The van der Waals surface area contributed by atoms with Crippen LogP contribution >= 0.6 is 23.3 Å². The van der Waals surface area contributed by atoms with Crippen molar-refractivity contribution in [1.29, 1.82) is 0 Å². The van der Waals surface area contributed by atoms with Crippen LogP contribution in [0.2, 0.25) is 0 Å². The topological polar surface area (TPSA) is 42.9 Å². The van der Waals surface area contributed by atoms with E-state index in [9.17, 15) is 26.5 Å². The smallest absolute Gasteiger partial charge is 0.298 e. The first-order valence-corrected chi connectivity index (χ1v) is 12.6. The Balaban J connectivity index is 2.21. The van der Waals surface area contributed by atoms with E-state index in [4.69, 9.17) is 4.52 Å². The van der Waals surface area contributed by atoms with Gasteiger partial charge in [0.25, 0.3) is 7.37 Å². The Bertz CT molecular complexity index is 954. The molecule has 0 spiro atoms. The first kappa shape index (κ1) is 24.4. The molecule has 0 saturated heterocycles. The maximum Gasteiger partial charge on any atom is 0.298 e. The van der Waals surface area contributed by atoms with Gasteiger partial charge in [0.15, 0.2) is 29.1 Å². The summed E-state index contributed by atoms with van der Waals surface area (Å²) < 4.78 is 91.4. The maximum absolute atomic E-state index is 14.7. The third-order valence-corrected chi connectivity index (χ3v) is 8.89. The molecular formula is C21H23BrF5NO2P+. The van der Waals surface area contributed by atoms with Crippen LogP contribution in [0.25, 0.3) is 0 Å². The predicted octanol–water partition coefficient (Wildman–Crippen LogP) is 5.68. The van der Waals surface area contributed by atoms with Crippen LogP contribution in [0.5, 0.6) is 0 Å². The molecule has 31 heavy (non-hydrogen) atoms. The normalized spacial score (nSPS) is 18.0. The summed E-state index contributed by atoms with van der Waals surface area (Å²) in [6.07, 6.45) is 4.51. The molecule has 10 heteroatoms. The van der Waals surface area contributed by atoms with Crippen molar-refractivity contribution in [2.45, 2.75) is 50.9 Å². The lowest BCUT2D eigenvalue weighted by Crippen LogP contribution is -2.91. The van der Waals surface area contributed by atoms with Gasteiger partial charge in [0.2, 0.25) is 5.82 Å². The SMILES string of the molecule is CCO[P@@](=O)(c1c(F)c(F)c(F)c(F)c1F)[C@H]([NH2+]C1CCCCC1)c1ccc(Br)cc1. The quantitative estimate of drug-likeness (QED) is 0.218. The third kappa shape index (κ3) is 4.90. The molecule has 0 unspecified atom stereocenters. The number of rotatable bonds is 7. The van der Waals surface area contributed by atoms with Crippen molar-refractivity contribution >= 4 is 28.6 Å². The lowest BCUT2D eigenvalue weighted by Gasteiger charge is -2.31. The fourth-order valence-corrected chi connectivity index (χ4v) is 7.00. The molecule has 0 aromatic heterocycles. The molecule has 0 radical (unpaired) electrons. The second-order valence-electron chi connectivity index (χ2n) is 7.52. The van der Waals surface area contributed by atoms with E-state index >= 15 is 0 Å². The fraction of sp³-hybridized carbons (Fsp3) is 0.429. The van der Waals surface area contributed by atoms with E-state index < -0.39 is 47.5 Å². The van der Waals surface area contributed by atoms with Crippen LogP contribution in [0.4, 0.5) is 22.0 Å². The van der Waals surface area contributed by atoms with Gasteiger partial charge in [-0.3, -0.25) is 4.57 Å². The zero-order valence-electron chi connectivity index (χ0n) is 16.8. The number of quaternary nitrogens is 1. The van der Waals surface area contributed by atoms with Gasteiger partial charge in [-0.2, -0.15) is 0 Å². The monoisotopic (exact) mass is 526 g/mol. The van der Waals surface area contributed by atoms with Gasteiger partial charge in [0, 0.05) is 10.0 Å². The summed E-state index contributed by atoms with van der Waals surface area (Å²) in [5.41, 5.74) is 0.412. The molecule has 0 bridgehead atoms. The molecule has 2 atom stereocenters. The molecule has 0 heterocycles. The highest BCUT2D eigenvalue weighted by atomic mass is 79.9. The number of hydrogen-bond donors (Lipinski definition) is 1. The van der Waals surface area contributed by atoms with Crippen molar-refractivity contribution in [3.8, 4) is 0 Å². The van der Waals surface area contributed by atoms with Crippen molar-refractivity contribution in [3.05, 3.63) is 63.4 Å². The molecule has 2 N–H and O–H groups in total. The number of benzene rings is 2. The van der Waals surface area contributed by atoms with Crippen molar-refractivity contribution in [2.24, 2.45) is 0 Å². The zero-order chi connectivity index (χ0) is 22.8. The Kier molecular flexibility index (Phi) is 7.95. The molecule has 1 aliphatic rings.